The maximum Gasteiger partial charge on any atom is 0.303 e. The molecular weight excluding hydrogens is 222 g/mol. The van der Waals surface area contributed by atoms with E-state index >= 15 is 0 Å². The van der Waals surface area contributed by atoms with Gasteiger partial charge in [0.25, 0.3) is 0 Å². The summed E-state index contributed by atoms with van der Waals surface area (Å²) in [6, 6.07) is 0. The number of carboxylic acid groups (broad SMARTS) is 1. The summed E-state index contributed by atoms with van der Waals surface area (Å²) in [5.41, 5.74) is 0. The molecule has 0 atom stereocenters. The van der Waals surface area contributed by atoms with Gasteiger partial charge >= 0.3 is 5.97 Å². The van der Waals surface area contributed by atoms with Crippen molar-refractivity contribution in [2.45, 2.75) is 31.6 Å². The van der Waals surface area contributed by atoms with E-state index in [0.717, 1.165) is 31.9 Å². The van der Waals surface area contributed by atoms with Crippen LogP contribution in [-0.2, 0) is 23.0 Å². The van der Waals surface area contributed by atoms with E-state index in [1.165, 1.54) is 0 Å². The van der Waals surface area contributed by atoms with E-state index < -0.39 is 5.97 Å². The Labute approximate surface area is 99.6 Å². The molecule has 1 aromatic heterocycles. The van der Waals surface area contributed by atoms with Crippen molar-refractivity contribution in [2.24, 2.45) is 7.05 Å². The Bertz CT molecular complexity index is 397. The molecule has 0 amide bonds. The maximum atomic E-state index is 10.5. The molecule has 0 spiro atoms. The van der Waals surface area contributed by atoms with Gasteiger partial charge in [0.2, 0.25) is 0 Å². The highest BCUT2D eigenvalue weighted by Crippen LogP contribution is 2.25. The van der Waals surface area contributed by atoms with Crippen LogP contribution in [-0.4, -0.2) is 39.1 Å². The van der Waals surface area contributed by atoms with Gasteiger partial charge in [-0.3, -0.25) is 9.48 Å². The summed E-state index contributed by atoms with van der Waals surface area (Å²) in [7, 11) is 1.86. The summed E-state index contributed by atoms with van der Waals surface area (Å²) in [6.07, 6.45) is 2.40. The lowest BCUT2D eigenvalue weighted by atomic mass is 10.00. The van der Waals surface area contributed by atoms with Crippen LogP contribution in [0.1, 0.15) is 36.8 Å². The normalized spacial score (nSPS) is 17.2. The van der Waals surface area contributed by atoms with E-state index in [9.17, 15) is 4.79 Å². The van der Waals surface area contributed by atoms with Gasteiger partial charge in [-0.25, -0.2) is 4.98 Å². The molecule has 0 aromatic carbocycles. The Morgan fingerprint density at radius 3 is 2.88 bits per heavy atom. The van der Waals surface area contributed by atoms with Crippen LogP contribution < -0.4 is 0 Å². The number of aromatic nitrogens is 3. The number of aryl methyl sites for hydroxylation is 2. The first-order valence-corrected chi connectivity index (χ1v) is 5.86. The minimum atomic E-state index is -0.815. The van der Waals surface area contributed by atoms with Gasteiger partial charge in [0.1, 0.15) is 5.82 Å². The van der Waals surface area contributed by atoms with Crippen LogP contribution >= 0.6 is 0 Å². The monoisotopic (exact) mass is 239 g/mol. The third kappa shape index (κ3) is 3.03. The first-order valence-electron chi connectivity index (χ1n) is 5.86. The van der Waals surface area contributed by atoms with Crippen molar-refractivity contribution >= 4 is 5.97 Å². The number of rotatable bonds is 4. The molecule has 0 unspecified atom stereocenters. The van der Waals surface area contributed by atoms with Crippen LogP contribution in [0.2, 0.25) is 0 Å². The number of ether oxygens (including phenoxy) is 1. The second-order valence-corrected chi connectivity index (χ2v) is 4.29. The number of aliphatic carboxylic acids is 1. The molecule has 6 nitrogen and oxygen atoms in total. The molecule has 1 N–H and O–H groups in total. The van der Waals surface area contributed by atoms with Gasteiger partial charge in [0.15, 0.2) is 5.82 Å². The molecule has 1 fully saturated rings. The number of nitrogens with zero attached hydrogens (tertiary/aromatic N) is 3. The van der Waals surface area contributed by atoms with E-state index in [-0.39, 0.29) is 6.42 Å². The third-order valence-corrected chi connectivity index (χ3v) is 2.99. The Balaban J connectivity index is 2.04. The molecule has 0 saturated carbocycles. The molecule has 1 aliphatic heterocycles. The lowest BCUT2D eigenvalue weighted by Gasteiger charge is -2.20. The van der Waals surface area contributed by atoms with Crippen LogP contribution in [0, 0.1) is 0 Å². The first-order chi connectivity index (χ1) is 8.16. The van der Waals surface area contributed by atoms with E-state index in [0.29, 0.717) is 18.2 Å². The van der Waals surface area contributed by atoms with Crippen LogP contribution in [0.25, 0.3) is 0 Å². The molecular formula is C11H17N3O3. The van der Waals surface area contributed by atoms with Crippen molar-refractivity contribution in [3.63, 3.8) is 0 Å². The SMILES string of the molecule is Cn1nc(CCC(=O)O)nc1C1CCOCC1. The molecule has 2 heterocycles. The third-order valence-electron chi connectivity index (χ3n) is 2.99. The van der Waals surface area contributed by atoms with E-state index in [1.807, 2.05) is 7.05 Å². The Morgan fingerprint density at radius 2 is 2.24 bits per heavy atom. The zero-order valence-corrected chi connectivity index (χ0v) is 9.93. The molecule has 1 saturated heterocycles. The van der Waals surface area contributed by atoms with Gasteiger partial charge in [-0.15, -0.1) is 0 Å². The molecule has 1 aliphatic rings. The van der Waals surface area contributed by atoms with Crippen LogP contribution in [0.3, 0.4) is 0 Å². The Hall–Kier alpha value is -1.43. The molecule has 1 aromatic rings. The van der Waals surface area contributed by atoms with Crippen molar-refractivity contribution < 1.29 is 14.6 Å². The summed E-state index contributed by atoms with van der Waals surface area (Å²) in [5.74, 6) is 1.15. The minimum Gasteiger partial charge on any atom is -0.481 e. The number of hydrogen-bond acceptors (Lipinski definition) is 4. The van der Waals surface area contributed by atoms with E-state index in [4.69, 9.17) is 9.84 Å². The van der Waals surface area contributed by atoms with Crippen LogP contribution in [0.15, 0.2) is 0 Å². The fourth-order valence-corrected chi connectivity index (χ4v) is 2.09. The molecule has 94 valence electrons. The van der Waals surface area contributed by atoms with Gasteiger partial charge in [-0.2, -0.15) is 5.10 Å². The highest BCUT2D eigenvalue weighted by atomic mass is 16.5. The highest BCUT2D eigenvalue weighted by Gasteiger charge is 2.21. The van der Waals surface area contributed by atoms with Gasteiger partial charge in [0, 0.05) is 32.6 Å². The number of carboxylic acids is 1. The second-order valence-electron chi connectivity index (χ2n) is 4.29. The van der Waals surface area contributed by atoms with Crippen LogP contribution in [0.4, 0.5) is 0 Å². The lowest BCUT2D eigenvalue weighted by molar-refractivity contribution is -0.137. The topological polar surface area (TPSA) is 77.2 Å². The van der Waals surface area contributed by atoms with Crippen molar-refractivity contribution in [3.8, 4) is 0 Å². The lowest BCUT2D eigenvalue weighted by Crippen LogP contribution is -2.17. The van der Waals surface area contributed by atoms with Gasteiger partial charge in [0.05, 0.1) is 6.42 Å². The standard InChI is InChI=1S/C11H17N3O3/c1-14-11(8-4-6-17-7-5-8)12-9(13-14)2-3-10(15)16/h8H,2-7H2,1H3,(H,15,16). The molecule has 6 heteroatoms. The molecule has 0 bridgehead atoms. The molecule has 0 aliphatic carbocycles. The summed E-state index contributed by atoms with van der Waals surface area (Å²) in [5, 5.41) is 12.9. The molecule has 2 rings (SSSR count). The van der Waals surface area contributed by atoms with E-state index in [1.54, 1.807) is 4.68 Å². The average molecular weight is 239 g/mol. The molecule has 0 radical (unpaired) electrons. The smallest absolute Gasteiger partial charge is 0.303 e. The molecule has 17 heavy (non-hydrogen) atoms. The maximum absolute atomic E-state index is 10.5. The highest BCUT2D eigenvalue weighted by molar-refractivity contribution is 5.66. The van der Waals surface area contributed by atoms with Gasteiger partial charge < -0.3 is 9.84 Å². The average Bonchev–Trinajstić information content (AvgIpc) is 2.69. The fraction of sp³-hybridized carbons (Fsp3) is 0.727. The number of hydrogen-bond donors (Lipinski definition) is 1. The van der Waals surface area contributed by atoms with Crippen molar-refractivity contribution in [3.05, 3.63) is 11.6 Å². The predicted octanol–water partition coefficient (Wildman–Crippen LogP) is 0.726. The fourth-order valence-electron chi connectivity index (χ4n) is 2.09. The predicted molar refractivity (Wildman–Crippen MR) is 59.8 cm³/mol. The Morgan fingerprint density at radius 1 is 1.53 bits per heavy atom. The quantitative estimate of drug-likeness (QED) is 0.838. The van der Waals surface area contributed by atoms with Crippen LogP contribution in [0.5, 0.6) is 0 Å². The largest absolute Gasteiger partial charge is 0.481 e. The minimum absolute atomic E-state index is 0.0806. The zero-order chi connectivity index (χ0) is 12.3. The first kappa shape index (κ1) is 12.0. The summed E-state index contributed by atoms with van der Waals surface area (Å²) in [4.78, 5) is 14.9. The van der Waals surface area contributed by atoms with Gasteiger partial charge in [-0.05, 0) is 12.8 Å². The summed E-state index contributed by atoms with van der Waals surface area (Å²) in [6.45, 7) is 1.53. The zero-order valence-electron chi connectivity index (χ0n) is 9.93. The van der Waals surface area contributed by atoms with Crippen molar-refractivity contribution in [1.29, 1.82) is 0 Å². The van der Waals surface area contributed by atoms with Crippen molar-refractivity contribution in [1.82, 2.24) is 14.8 Å². The number of carbonyl (C=O) groups is 1. The summed E-state index contributed by atoms with van der Waals surface area (Å²) >= 11 is 0. The second kappa shape index (κ2) is 5.27. The van der Waals surface area contributed by atoms with Crippen molar-refractivity contribution in [2.75, 3.05) is 13.2 Å². The summed E-state index contributed by atoms with van der Waals surface area (Å²) < 4.78 is 7.08. The Kier molecular flexibility index (Phi) is 3.73. The van der Waals surface area contributed by atoms with E-state index in [2.05, 4.69) is 10.1 Å². The van der Waals surface area contributed by atoms with Gasteiger partial charge in [-0.1, -0.05) is 0 Å².